The van der Waals surface area contributed by atoms with Gasteiger partial charge in [-0.1, -0.05) is 24.3 Å². The summed E-state index contributed by atoms with van der Waals surface area (Å²) in [5.74, 6) is 0.464. The zero-order valence-corrected chi connectivity index (χ0v) is 17.2. The topological polar surface area (TPSA) is 71.8 Å². The first kappa shape index (κ1) is 21.5. The van der Waals surface area contributed by atoms with Crippen LogP contribution in [0.5, 0.6) is 5.75 Å². The lowest BCUT2D eigenvalue weighted by atomic mass is 10.1. The Balaban J connectivity index is 1.54. The minimum absolute atomic E-state index is 0.155. The van der Waals surface area contributed by atoms with Crippen LogP contribution in [0.25, 0.3) is 0 Å². The van der Waals surface area contributed by atoms with E-state index >= 15 is 0 Å². The average Bonchev–Trinajstić information content (AvgIpc) is 3.30. The van der Waals surface area contributed by atoms with Crippen LogP contribution >= 0.6 is 0 Å². The van der Waals surface area contributed by atoms with Crippen molar-refractivity contribution in [3.63, 3.8) is 0 Å². The Bertz CT molecular complexity index is 892. The van der Waals surface area contributed by atoms with E-state index < -0.39 is 0 Å². The van der Waals surface area contributed by atoms with Crippen LogP contribution in [-0.4, -0.2) is 42.5 Å². The maximum Gasteiger partial charge on any atom is 0.337 e. The SMILES string of the molecule is COC(=O)c1ccc(COC(COCc2ccc(OC)cc2)Cn2ccnc2)cc1. The van der Waals surface area contributed by atoms with Crippen LogP contribution in [0.2, 0.25) is 0 Å². The molecule has 1 unspecified atom stereocenters. The van der Waals surface area contributed by atoms with Crippen molar-refractivity contribution in [3.05, 3.63) is 83.9 Å². The molecule has 7 heteroatoms. The summed E-state index contributed by atoms with van der Waals surface area (Å²) in [4.78, 5) is 15.6. The Morgan fingerprint density at radius 3 is 2.33 bits per heavy atom. The molecule has 0 aliphatic rings. The molecule has 0 saturated heterocycles. The van der Waals surface area contributed by atoms with E-state index in [1.54, 1.807) is 31.8 Å². The van der Waals surface area contributed by atoms with Crippen molar-refractivity contribution in [1.82, 2.24) is 9.55 Å². The number of hydrogen-bond acceptors (Lipinski definition) is 6. The van der Waals surface area contributed by atoms with Crippen LogP contribution in [-0.2, 0) is 34.0 Å². The molecule has 1 heterocycles. The van der Waals surface area contributed by atoms with Crippen molar-refractivity contribution in [1.29, 1.82) is 0 Å². The third-order valence-electron chi connectivity index (χ3n) is 4.57. The number of carbonyl (C=O) groups excluding carboxylic acids is 1. The summed E-state index contributed by atoms with van der Waals surface area (Å²) in [7, 11) is 3.01. The van der Waals surface area contributed by atoms with Gasteiger partial charge in [-0.15, -0.1) is 0 Å². The van der Waals surface area contributed by atoms with Gasteiger partial charge in [0.25, 0.3) is 0 Å². The number of esters is 1. The maximum absolute atomic E-state index is 11.6. The number of imidazole rings is 1. The van der Waals surface area contributed by atoms with Crippen LogP contribution in [0.3, 0.4) is 0 Å². The fourth-order valence-corrected chi connectivity index (χ4v) is 2.88. The van der Waals surface area contributed by atoms with Crippen molar-refractivity contribution < 1.29 is 23.7 Å². The van der Waals surface area contributed by atoms with Crippen LogP contribution in [0.4, 0.5) is 0 Å². The highest BCUT2D eigenvalue weighted by Crippen LogP contribution is 2.13. The molecule has 1 atom stereocenters. The third-order valence-corrected chi connectivity index (χ3v) is 4.57. The minimum atomic E-state index is -0.354. The van der Waals surface area contributed by atoms with Gasteiger partial charge in [0.15, 0.2) is 0 Å². The number of methoxy groups -OCH3 is 2. The highest BCUT2D eigenvalue weighted by Gasteiger charge is 2.12. The smallest absolute Gasteiger partial charge is 0.337 e. The number of nitrogens with zero attached hydrogens (tertiary/aromatic N) is 2. The van der Waals surface area contributed by atoms with E-state index in [0.29, 0.717) is 31.9 Å². The second-order valence-electron chi connectivity index (χ2n) is 6.74. The van der Waals surface area contributed by atoms with Crippen LogP contribution in [0.1, 0.15) is 21.5 Å². The van der Waals surface area contributed by atoms with Crippen molar-refractivity contribution >= 4 is 5.97 Å². The molecule has 0 aliphatic carbocycles. The number of benzene rings is 2. The lowest BCUT2D eigenvalue weighted by Gasteiger charge is -2.19. The fourth-order valence-electron chi connectivity index (χ4n) is 2.88. The first-order valence-corrected chi connectivity index (χ1v) is 9.63. The van der Waals surface area contributed by atoms with Gasteiger partial charge in [-0.05, 0) is 35.4 Å². The van der Waals surface area contributed by atoms with Crippen molar-refractivity contribution in [2.75, 3.05) is 20.8 Å². The molecule has 3 aromatic rings. The molecule has 0 N–H and O–H groups in total. The van der Waals surface area contributed by atoms with Crippen LogP contribution < -0.4 is 4.74 Å². The Hall–Kier alpha value is -3.16. The molecule has 1 aromatic heterocycles. The van der Waals surface area contributed by atoms with Gasteiger partial charge in [-0.3, -0.25) is 0 Å². The molecule has 0 radical (unpaired) electrons. The minimum Gasteiger partial charge on any atom is -0.497 e. The molecule has 0 fully saturated rings. The van der Waals surface area contributed by atoms with E-state index in [1.165, 1.54) is 7.11 Å². The van der Waals surface area contributed by atoms with Crippen molar-refractivity contribution in [2.45, 2.75) is 25.9 Å². The molecule has 7 nitrogen and oxygen atoms in total. The monoisotopic (exact) mass is 410 g/mol. The zero-order valence-electron chi connectivity index (χ0n) is 17.2. The van der Waals surface area contributed by atoms with E-state index in [2.05, 4.69) is 4.98 Å². The second kappa shape index (κ2) is 11.1. The fraction of sp³-hybridized carbons (Fsp3) is 0.304. The Morgan fingerprint density at radius 2 is 1.70 bits per heavy atom. The molecule has 0 spiro atoms. The third kappa shape index (κ3) is 6.43. The van der Waals surface area contributed by atoms with Gasteiger partial charge in [-0.25, -0.2) is 9.78 Å². The largest absolute Gasteiger partial charge is 0.497 e. The Kier molecular flexibility index (Phi) is 8.00. The van der Waals surface area contributed by atoms with Gasteiger partial charge in [0.1, 0.15) is 5.75 Å². The quantitative estimate of drug-likeness (QED) is 0.451. The summed E-state index contributed by atoms with van der Waals surface area (Å²) < 4.78 is 23.9. The van der Waals surface area contributed by atoms with Crippen LogP contribution in [0, 0.1) is 0 Å². The molecule has 30 heavy (non-hydrogen) atoms. The number of hydrogen-bond donors (Lipinski definition) is 0. The lowest BCUT2D eigenvalue weighted by molar-refractivity contribution is -0.0372. The van der Waals surface area contributed by atoms with E-state index in [-0.39, 0.29) is 12.1 Å². The molecular formula is C23H26N2O5. The number of rotatable bonds is 11. The van der Waals surface area contributed by atoms with E-state index in [1.807, 2.05) is 47.2 Å². The zero-order chi connectivity index (χ0) is 21.2. The van der Waals surface area contributed by atoms with Gasteiger partial charge in [0.2, 0.25) is 0 Å². The van der Waals surface area contributed by atoms with Crippen molar-refractivity contribution in [3.8, 4) is 5.75 Å². The van der Waals surface area contributed by atoms with Gasteiger partial charge in [0, 0.05) is 12.4 Å². The second-order valence-corrected chi connectivity index (χ2v) is 6.74. The molecule has 0 amide bonds. The Morgan fingerprint density at radius 1 is 1.00 bits per heavy atom. The van der Waals surface area contributed by atoms with Gasteiger partial charge in [-0.2, -0.15) is 0 Å². The highest BCUT2D eigenvalue weighted by atomic mass is 16.5. The molecule has 2 aromatic carbocycles. The molecule has 0 bridgehead atoms. The van der Waals surface area contributed by atoms with Gasteiger partial charge >= 0.3 is 5.97 Å². The lowest BCUT2D eigenvalue weighted by Crippen LogP contribution is -2.25. The van der Waals surface area contributed by atoms with Crippen LogP contribution in [0.15, 0.2) is 67.3 Å². The Labute approximate surface area is 176 Å². The molecule has 0 aliphatic heterocycles. The predicted octanol–water partition coefficient (Wildman–Crippen LogP) is 3.48. The number of ether oxygens (including phenoxy) is 4. The van der Waals surface area contributed by atoms with E-state index in [0.717, 1.165) is 16.9 Å². The summed E-state index contributed by atoms with van der Waals surface area (Å²) >= 11 is 0. The first-order chi connectivity index (χ1) is 14.7. The van der Waals surface area contributed by atoms with Gasteiger partial charge < -0.3 is 23.5 Å². The summed E-state index contributed by atoms with van der Waals surface area (Å²) in [5.41, 5.74) is 2.54. The predicted molar refractivity (Wildman–Crippen MR) is 111 cm³/mol. The summed E-state index contributed by atoms with van der Waals surface area (Å²) in [5, 5.41) is 0. The molecule has 158 valence electrons. The normalized spacial score (nSPS) is 11.8. The van der Waals surface area contributed by atoms with Gasteiger partial charge in [0.05, 0.1) is 58.6 Å². The summed E-state index contributed by atoms with van der Waals surface area (Å²) in [6.45, 7) is 1.96. The molecule has 0 saturated carbocycles. The number of aromatic nitrogens is 2. The summed E-state index contributed by atoms with van der Waals surface area (Å²) in [6, 6.07) is 15.0. The molecular weight excluding hydrogens is 384 g/mol. The van der Waals surface area contributed by atoms with E-state index in [9.17, 15) is 4.79 Å². The first-order valence-electron chi connectivity index (χ1n) is 9.63. The molecule has 3 rings (SSSR count). The maximum atomic E-state index is 11.6. The van der Waals surface area contributed by atoms with E-state index in [4.69, 9.17) is 18.9 Å². The average molecular weight is 410 g/mol. The van der Waals surface area contributed by atoms with Crippen molar-refractivity contribution in [2.24, 2.45) is 0 Å². The highest BCUT2D eigenvalue weighted by molar-refractivity contribution is 5.89. The number of carbonyl (C=O) groups is 1. The summed E-state index contributed by atoms with van der Waals surface area (Å²) in [6.07, 6.45) is 5.23. The standard InChI is InChI=1S/C23H26N2O5/c1-27-21-9-5-18(6-10-21)14-29-16-22(13-25-12-11-24-17-25)30-15-19-3-7-20(8-4-19)23(26)28-2/h3-12,17,22H,13-16H2,1-2H3.